The summed E-state index contributed by atoms with van der Waals surface area (Å²) in [5.74, 6) is -0.268. The molecule has 0 saturated heterocycles. The van der Waals surface area contributed by atoms with Crippen LogP contribution < -0.4 is 0 Å². The van der Waals surface area contributed by atoms with Gasteiger partial charge in [0.25, 0.3) is 0 Å². The van der Waals surface area contributed by atoms with Crippen LogP contribution in [0.5, 0.6) is 0 Å². The molecule has 0 amide bonds. The van der Waals surface area contributed by atoms with Crippen molar-refractivity contribution in [2.45, 2.75) is 32.8 Å². The average molecular weight is 220 g/mol. The second-order valence-corrected chi connectivity index (χ2v) is 3.73. The Kier molecular flexibility index (Phi) is 4.64. The molecule has 1 heterocycles. The molecule has 1 N–H and O–H groups in total. The molecule has 0 saturated carbocycles. The van der Waals surface area contributed by atoms with E-state index in [0.717, 1.165) is 0 Å². The van der Waals surface area contributed by atoms with Gasteiger partial charge < -0.3 is 10.1 Å². The maximum atomic E-state index is 11.2. The summed E-state index contributed by atoms with van der Waals surface area (Å²) in [4.78, 5) is 15.3. The van der Waals surface area contributed by atoms with Crippen LogP contribution in [0.25, 0.3) is 0 Å². The van der Waals surface area contributed by atoms with Crippen molar-refractivity contribution in [1.82, 2.24) is 4.98 Å². The summed E-state index contributed by atoms with van der Waals surface area (Å²) < 4.78 is 4.98. The Morgan fingerprint density at radius 1 is 1.44 bits per heavy atom. The van der Waals surface area contributed by atoms with Gasteiger partial charge in [-0.15, -0.1) is 0 Å². The van der Waals surface area contributed by atoms with Crippen LogP contribution in [0.2, 0.25) is 0 Å². The molecule has 0 unspecified atom stereocenters. The summed E-state index contributed by atoms with van der Waals surface area (Å²) in [6.07, 6.45) is 2.13. The van der Waals surface area contributed by atoms with E-state index in [-0.39, 0.29) is 18.5 Å². The number of nitrogens with one attached hydrogen (secondary N) is 1. The highest BCUT2D eigenvalue weighted by Gasteiger charge is 2.08. The average Bonchev–Trinajstić information content (AvgIpc) is 2.26. The monoisotopic (exact) mass is 220 g/mol. The van der Waals surface area contributed by atoms with E-state index < -0.39 is 0 Å². The quantitative estimate of drug-likeness (QED) is 0.611. The molecule has 0 aliphatic heterocycles. The Morgan fingerprint density at radius 2 is 2.19 bits per heavy atom. The van der Waals surface area contributed by atoms with Gasteiger partial charge in [0, 0.05) is 12.6 Å². The zero-order valence-electron chi connectivity index (χ0n) is 9.56. The van der Waals surface area contributed by atoms with Crippen LogP contribution in [-0.2, 0) is 9.53 Å². The molecule has 0 aliphatic carbocycles. The molecule has 4 heteroatoms. The van der Waals surface area contributed by atoms with Crippen LogP contribution in [0.1, 0.15) is 32.4 Å². The lowest BCUT2D eigenvalue weighted by Gasteiger charge is -2.07. The van der Waals surface area contributed by atoms with Crippen LogP contribution >= 0.6 is 0 Å². The number of carbonyl (C=O) groups is 1. The van der Waals surface area contributed by atoms with Crippen molar-refractivity contribution in [3.63, 3.8) is 0 Å². The number of hydrogen-bond donors (Lipinski definition) is 1. The van der Waals surface area contributed by atoms with Crippen molar-refractivity contribution in [3.05, 3.63) is 30.1 Å². The Balaban J connectivity index is 2.39. The van der Waals surface area contributed by atoms with Gasteiger partial charge in [0.05, 0.1) is 23.9 Å². The molecular weight excluding hydrogens is 204 g/mol. The smallest absolute Gasteiger partial charge is 0.306 e. The maximum Gasteiger partial charge on any atom is 0.306 e. The highest BCUT2D eigenvalue weighted by atomic mass is 16.5. The normalized spacial score (nSPS) is 10.2. The minimum Gasteiger partial charge on any atom is -0.463 e. The van der Waals surface area contributed by atoms with Crippen LogP contribution in [0.3, 0.4) is 0 Å². The molecule has 0 spiro atoms. The van der Waals surface area contributed by atoms with Crippen molar-refractivity contribution in [2.24, 2.45) is 0 Å². The first-order valence-electron chi connectivity index (χ1n) is 5.28. The molecule has 1 aromatic rings. The molecule has 0 atom stereocenters. The van der Waals surface area contributed by atoms with Gasteiger partial charge in [-0.2, -0.15) is 0 Å². The number of ether oxygens (including phenoxy) is 1. The first kappa shape index (κ1) is 12.4. The Bertz CT molecular complexity index is 361. The molecular formula is C12H16N2O2. The van der Waals surface area contributed by atoms with E-state index in [1.807, 2.05) is 19.9 Å². The maximum absolute atomic E-state index is 11.2. The number of carbonyl (C=O) groups excluding carboxylic acids is 1. The minimum atomic E-state index is -0.268. The number of esters is 1. The second-order valence-electron chi connectivity index (χ2n) is 3.73. The van der Waals surface area contributed by atoms with Crippen molar-refractivity contribution in [1.29, 1.82) is 5.41 Å². The molecule has 86 valence electrons. The molecule has 0 aliphatic rings. The fourth-order valence-corrected chi connectivity index (χ4v) is 1.22. The van der Waals surface area contributed by atoms with E-state index in [0.29, 0.717) is 17.8 Å². The summed E-state index contributed by atoms with van der Waals surface area (Å²) in [7, 11) is 0. The largest absolute Gasteiger partial charge is 0.463 e. The van der Waals surface area contributed by atoms with Gasteiger partial charge in [-0.1, -0.05) is 6.07 Å². The Hall–Kier alpha value is -1.71. The summed E-state index contributed by atoms with van der Waals surface area (Å²) in [6.45, 7) is 3.62. The van der Waals surface area contributed by atoms with Crippen molar-refractivity contribution >= 4 is 11.7 Å². The molecule has 0 bridgehead atoms. The van der Waals surface area contributed by atoms with Crippen LogP contribution in [-0.4, -0.2) is 22.8 Å². The topological polar surface area (TPSA) is 63.0 Å². The van der Waals surface area contributed by atoms with Gasteiger partial charge in [-0.25, -0.2) is 0 Å². The van der Waals surface area contributed by atoms with Gasteiger partial charge >= 0.3 is 5.97 Å². The fraction of sp³-hybridized carbons (Fsp3) is 0.417. The third-order valence-electron chi connectivity index (χ3n) is 1.92. The first-order chi connectivity index (χ1) is 7.59. The van der Waals surface area contributed by atoms with Crippen molar-refractivity contribution in [3.8, 4) is 0 Å². The lowest BCUT2D eigenvalue weighted by atomic mass is 10.1. The van der Waals surface area contributed by atoms with E-state index in [4.69, 9.17) is 10.1 Å². The van der Waals surface area contributed by atoms with Gasteiger partial charge in [0.1, 0.15) is 0 Å². The van der Waals surface area contributed by atoms with Gasteiger partial charge in [-0.05, 0) is 26.0 Å². The van der Waals surface area contributed by atoms with E-state index >= 15 is 0 Å². The SMILES string of the molecule is CC(C)OC(=O)CCC(=N)c1ccccn1. The van der Waals surface area contributed by atoms with Crippen molar-refractivity contribution in [2.75, 3.05) is 0 Å². The van der Waals surface area contributed by atoms with Crippen LogP contribution in [0.15, 0.2) is 24.4 Å². The van der Waals surface area contributed by atoms with E-state index in [1.54, 1.807) is 18.3 Å². The van der Waals surface area contributed by atoms with E-state index in [9.17, 15) is 4.79 Å². The number of rotatable bonds is 5. The summed E-state index contributed by atoms with van der Waals surface area (Å²) in [6, 6.07) is 5.38. The third kappa shape index (κ3) is 4.21. The van der Waals surface area contributed by atoms with Crippen LogP contribution in [0.4, 0.5) is 0 Å². The summed E-state index contributed by atoms with van der Waals surface area (Å²) >= 11 is 0. The summed E-state index contributed by atoms with van der Waals surface area (Å²) in [5.41, 5.74) is 0.973. The molecule has 4 nitrogen and oxygen atoms in total. The third-order valence-corrected chi connectivity index (χ3v) is 1.92. The van der Waals surface area contributed by atoms with Gasteiger partial charge in [0.2, 0.25) is 0 Å². The number of aromatic nitrogens is 1. The molecule has 1 rings (SSSR count). The number of nitrogens with zero attached hydrogens (tertiary/aromatic N) is 1. The molecule has 0 fully saturated rings. The second kappa shape index (κ2) is 6.00. The predicted octanol–water partition coefficient (Wildman–Crippen LogP) is 2.18. The first-order valence-corrected chi connectivity index (χ1v) is 5.28. The lowest BCUT2D eigenvalue weighted by Crippen LogP contribution is -2.13. The molecule has 0 radical (unpaired) electrons. The molecule has 1 aromatic heterocycles. The minimum absolute atomic E-state index is 0.100. The van der Waals surface area contributed by atoms with Crippen LogP contribution in [0, 0.1) is 5.41 Å². The number of pyridine rings is 1. The highest BCUT2D eigenvalue weighted by molar-refractivity contribution is 5.97. The zero-order chi connectivity index (χ0) is 12.0. The van der Waals surface area contributed by atoms with Crippen molar-refractivity contribution < 1.29 is 9.53 Å². The zero-order valence-corrected chi connectivity index (χ0v) is 9.56. The van der Waals surface area contributed by atoms with E-state index in [1.165, 1.54) is 0 Å². The fourth-order valence-electron chi connectivity index (χ4n) is 1.22. The molecule has 16 heavy (non-hydrogen) atoms. The Labute approximate surface area is 95.2 Å². The van der Waals surface area contributed by atoms with E-state index in [2.05, 4.69) is 4.98 Å². The lowest BCUT2D eigenvalue weighted by molar-refractivity contribution is -0.147. The van der Waals surface area contributed by atoms with Gasteiger partial charge in [-0.3, -0.25) is 9.78 Å². The Morgan fingerprint density at radius 3 is 2.75 bits per heavy atom. The number of hydrogen-bond acceptors (Lipinski definition) is 4. The molecule has 0 aromatic carbocycles. The summed E-state index contributed by atoms with van der Waals surface area (Å²) in [5, 5.41) is 7.74. The predicted molar refractivity (Wildman–Crippen MR) is 61.5 cm³/mol. The standard InChI is InChI=1S/C12H16N2O2/c1-9(2)16-12(15)7-6-10(13)11-5-3-4-8-14-11/h3-5,8-9,13H,6-7H2,1-2H3. The highest BCUT2D eigenvalue weighted by Crippen LogP contribution is 2.03. The van der Waals surface area contributed by atoms with Gasteiger partial charge in [0.15, 0.2) is 0 Å².